The van der Waals surface area contributed by atoms with Crippen LogP contribution in [0, 0.1) is 5.92 Å². The van der Waals surface area contributed by atoms with Crippen LogP contribution in [0.5, 0.6) is 5.75 Å². The smallest absolute Gasteiger partial charge is 0.137 e. The Labute approximate surface area is 115 Å². The Morgan fingerprint density at radius 3 is 2.72 bits per heavy atom. The summed E-state index contributed by atoms with van der Waals surface area (Å²) in [7, 11) is 1.65. The van der Waals surface area contributed by atoms with Crippen molar-refractivity contribution < 1.29 is 4.74 Å². The number of halogens is 1. The molecule has 1 aliphatic rings. The average Bonchev–Trinajstić information content (AvgIpc) is 3.13. The summed E-state index contributed by atoms with van der Waals surface area (Å²) in [6.07, 6.45) is 4.02. The van der Waals surface area contributed by atoms with Crippen molar-refractivity contribution in [1.82, 2.24) is 4.90 Å². The minimum atomic E-state index is 0.706. The zero-order valence-corrected chi connectivity index (χ0v) is 12.0. The van der Waals surface area contributed by atoms with Crippen molar-refractivity contribution in [3.63, 3.8) is 0 Å². The van der Waals surface area contributed by atoms with Gasteiger partial charge in [0, 0.05) is 13.1 Å². The molecule has 0 spiro atoms. The van der Waals surface area contributed by atoms with E-state index in [4.69, 9.17) is 16.3 Å². The molecule has 1 aromatic carbocycles. The first-order valence-corrected chi connectivity index (χ1v) is 7.15. The molecule has 0 radical (unpaired) electrons. The Kier molecular flexibility index (Phi) is 4.90. The number of methoxy groups -OCH3 is 1. The second kappa shape index (κ2) is 6.44. The van der Waals surface area contributed by atoms with Gasteiger partial charge in [0.05, 0.1) is 12.1 Å². The monoisotopic (exact) mass is 267 g/mol. The fraction of sp³-hybridized carbons (Fsp3) is 0.600. The highest BCUT2D eigenvalue weighted by atomic mass is 35.5. The summed E-state index contributed by atoms with van der Waals surface area (Å²) in [4.78, 5) is 2.54. The molecule has 2 nitrogen and oxygen atoms in total. The molecular formula is C15H22ClNO. The van der Waals surface area contributed by atoms with E-state index in [2.05, 4.69) is 17.9 Å². The van der Waals surface area contributed by atoms with Crippen LogP contribution in [0.25, 0.3) is 0 Å². The molecule has 1 fully saturated rings. The van der Waals surface area contributed by atoms with E-state index in [1.807, 2.05) is 12.1 Å². The van der Waals surface area contributed by atoms with Crippen molar-refractivity contribution in [2.75, 3.05) is 20.2 Å². The van der Waals surface area contributed by atoms with E-state index in [1.54, 1.807) is 7.11 Å². The second-order valence-electron chi connectivity index (χ2n) is 5.15. The standard InChI is InChI=1S/C15H22ClNO/c1-3-8-17(10-12-4-5-12)11-13-6-7-15(18-2)14(16)9-13/h6-7,9,12H,3-5,8,10-11H2,1-2H3. The second-order valence-corrected chi connectivity index (χ2v) is 5.55. The van der Waals surface area contributed by atoms with E-state index in [0.29, 0.717) is 5.02 Å². The van der Waals surface area contributed by atoms with Crippen molar-refractivity contribution >= 4 is 11.6 Å². The van der Waals surface area contributed by atoms with Crippen molar-refractivity contribution in [2.45, 2.75) is 32.7 Å². The van der Waals surface area contributed by atoms with Gasteiger partial charge in [0.25, 0.3) is 0 Å². The van der Waals surface area contributed by atoms with Gasteiger partial charge in [0.1, 0.15) is 5.75 Å². The summed E-state index contributed by atoms with van der Waals surface area (Å²) in [5.74, 6) is 1.69. The molecule has 18 heavy (non-hydrogen) atoms. The molecule has 3 heteroatoms. The van der Waals surface area contributed by atoms with E-state index in [1.165, 1.54) is 37.9 Å². The number of rotatable bonds is 7. The Hall–Kier alpha value is -0.730. The van der Waals surface area contributed by atoms with Gasteiger partial charge in [-0.1, -0.05) is 24.6 Å². The third-order valence-corrected chi connectivity index (χ3v) is 3.67. The predicted octanol–water partition coefficient (Wildman–Crippen LogP) is 3.97. The van der Waals surface area contributed by atoms with Crippen LogP contribution in [-0.2, 0) is 6.54 Å². The van der Waals surface area contributed by atoms with Crippen molar-refractivity contribution in [3.05, 3.63) is 28.8 Å². The van der Waals surface area contributed by atoms with Gasteiger partial charge < -0.3 is 4.74 Å². The number of nitrogens with zero attached hydrogens (tertiary/aromatic N) is 1. The molecule has 1 aromatic rings. The van der Waals surface area contributed by atoms with Gasteiger partial charge in [-0.05, 0) is 49.4 Å². The Morgan fingerprint density at radius 1 is 1.39 bits per heavy atom. The molecule has 0 unspecified atom stereocenters. The van der Waals surface area contributed by atoms with Crippen molar-refractivity contribution in [1.29, 1.82) is 0 Å². The van der Waals surface area contributed by atoms with Crippen LogP contribution >= 0.6 is 11.6 Å². The summed E-state index contributed by atoms with van der Waals surface area (Å²) in [6.45, 7) is 5.63. The number of hydrogen-bond donors (Lipinski definition) is 0. The highest BCUT2D eigenvalue weighted by Gasteiger charge is 2.23. The molecule has 0 heterocycles. The minimum absolute atomic E-state index is 0.706. The first-order chi connectivity index (χ1) is 8.72. The van der Waals surface area contributed by atoms with Crippen LogP contribution in [0.2, 0.25) is 5.02 Å². The maximum absolute atomic E-state index is 6.16. The lowest BCUT2D eigenvalue weighted by Gasteiger charge is -2.21. The SMILES string of the molecule is CCCN(Cc1ccc(OC)c(Cl)c1)CC1CC1. The average molecular weight is 268 g/mol. The molecule has 0 aliphatic heterocycles. The molecule has 1 aliphatic carbocycles. The van der Waals surface area contributed by atoms with Crippen LogP contribution in [0.1, 0.15) is 31.7 Å². The van der Waals surface area contributed by atoms with Gasteiger partial charge in [-0.3, -0.25) is 4.90 Å². The predicted molar refractivity (Wildman–Crippen MR) is 76.3 cm³/mol. The Morgan fingerprint density at radius 2 is 2.17 bits per heavy atom. The number of ether oxygens (including phenoxy) is 1. The normalized spacial score (nSPS) is 15.1. The van der Waals surface area contributed by atoms with Gasteiger partial charge >= 0.3 is 0 Å². The molecule has 0 N–H and O–H groups in total. The summed E-state index contributed by atoms with van der Waals surface area (Å²) < 4.78 is 5.18. The summed E-state index contributed by atoms with van der Waals surface area (Å²) in [5.41, 5.74) is 1.27. The quantitative estimate of drug-likeness (QED) is 0.741. The first-order valence-electron chi connectivity index (χ1n) is 6.77. The van der Waals surface area contributed by atoms with E-state index in [-0.39, 0.29) is 0 Å². The van der Waals surface area contributed by atoms with Gasteiger partial charge in [-0.25, -0.2) is 0 Å². The molecule has 0 saturated heterocycles. The van der Waals surface area contributed by atoms with Gasteiger partial charge in [-0.15, -0.1) is 0 Å². The fourth-order valence-corrected chi connectivity index (χ4v) is 2.56. The van der Waals surface area contributed by atoms with Crippen molar-refractivity contribution in [2.24, 2.45) is 5.92 Å². The Balaban J connectivity index is 1.98. The van der Waals surface area contributed by atoms with Crippen LogP contribution in [-0.4, -0.2) is 25.1 Å². The van der Waals surface area contributed by atoms with E-state index in [9.17, 15) is 0 Å². The molecule has 1 saturated carbocycles. The number of benzene rings is 1. The molecule has 0 atom stereocenters. The van der Waals surface area contributed by atoms with Crippen LogP contribution < -0.4 is 4.74 Å². The molecular weight excluding hydrogens is 246 g/mol. The van der Waals surface area contributed by atoms with Crippen LogP contribution in [0.4, 0.5) is 0 Å². The maximum Gasteiger partial charge on any atom is 0.137 e. The largest absolute Gasteiger partial charge is 0.495 e. The van der Waals surface area contributed by atoms with E-state index >= 15 is 0 Å². The molecule has 100 valence electrons. The van der Waals surface area contributed by atoms with Crippen molar-refractivity contribution in [3.8, 4) is 5.75 Å². The highest BCUT2D eigenvalue weighted by molar-refractivity contribution is 6.32. The molecule has 2 rings (SSSR count). The first kappa shape index (κ1) is 13.7. The van der Waals surface area contributed by atoms with Gasteiger partial charge in [0.15, 0.2) is 0 Å². The lowest BCUT2D eigenvalue weighted by molar-refractivity contribution is 0.255. The third kappa shape index (κ3) is 3.89. The molecule has 0 amide bonds. The maximum atomic E-state index is 6.16. The van der Waals surface area contributed by atoms with Crippen LogP contribution in [0.3, 0.4) is 0 Å². The van der Waals surface area contributed by atoms with Gasteiger partial charge in [0.2, 0.25) is 0 Å². The fourth-order valence-electron chi connectivity index (χ4n) is 2.28. The summed E-state index contributed by atoms with van der Waals surface area (Å²) in [5, 5.41) is 0.706. The lowest BCUT2D eigenvalue weighted by Crippen LogP contribution is -2.26. The van der Waals surface area contributed by atoms with E-state index < -0.39 is 0 Å². The third-order valence-electron chi connectivity index (χ3n) is 3.38. The zero-order valence-electron chi connectivity index (χ0n) is 11.3. The Bertz CT molecular complexity index is 390. The zero-order chi connectivity index (χ0) is 13.0. The van der Waals surface area contributed by atoms with E-state index in [0.717, 1.165) is 18.2 Å². The summed E-state index contributed by atoms with van der Waals surface area (Å²) in [6, 6.07) is 6.09. The highest BCUT2D eigenvalue weighted by Crippen LogP contribution is 2.31. The molecule has 0 aromatic heterocycles. The number of hydrogen-bond acceptors (Lipinski definition) is 2. The van der Waals surface area contributed by atoms with Crippen LogP contribution in [0.15, 0.2) is 18.2 Å². The van der Waals surface area contributed by atoms with Gasteiger partial charge in [-0.2, -0.15) is 0 Å². The molecule has 0 bridgehead atoms. The summed E-state index contributed by atoms with van der Waals surface area (Å²) >= 11 is 6.16. The topological polar surface area (TPSA) is 12.5 Å². The lowest BCUT2D eigenvalue weighted by atomic mass is 10.2. The minimum Gasteiger partial charge on any atom is -0.495 e.